The number of quaternary nitrogens is 1. The minimum Gasteiger partial charge on any atom is -0.858 e. The zero-order chi connectivity index (χ0) is 25.2. The lowest BCUT2D eigenvalue weighted by atomic mass is 9.82. The summed E-state index contributed by atoms with van der Waals surface area (Å²) >= 11 is 0. The largest absolute Gasteiger partial charge is 0.858 e. The third-order valence-corrected chi connectivity index (χ3v) is 8.55. The van der Waals surface area contributed by atoms with E-state index in [0.29, 0.717) is 22.6 Å². The second-order valence-corrected chi connectivity index (χ2v) is 10.9. The molecule has 4 heterocycles. The lowest BCUT2D eigenvalue weighted by molar-refractivity contribution is -0.939. The molecule has 0 amide bonds. The molecule has 0 spiro atoms. The van der Waals surface area contributed by atoms with E-state index in [4.69, 9.17) is 4.74 Å². The first-order chi connectivity index (χ1) is 17.4. The van der Waals surface area contributed by atoms with E-state index in [1.165, 1.54) is 18.6 Å². The van der Waals surface area contributed by atoms with Gasteiger partial charge in [-0.25, -0.2) is 9.18 Å². The van der Waals surface area contributed by atoms with Crippen LogP contribution in [-0.4, -0.2) is 66.6 Å². The lowest BCUT2D eigenvalue weighted by Gasteiger charge is -2.53. The van der Waals surface area contributed by atoms with Gasteiger partial charge >= 0.3 is 5.97 Å². The molecule has 4 saturated heterocycles. The molecule has 6 nitrogen and oxygen atoms in total. The number of likely N-dealkylation sites (tertiary alicyclic amines) is 1. The van der Waals surface area contributed by atoms with E-state index < -0.39 is 11.4 Å². The van der Waals surface area contributed by atoms with Gasteiger partial charge in [0.1, 0.15) is 24.4 Å². The highest BCUT2D eigenvalue weighted by molar-refractivity contribution is 5.82. The fourth-order valence-corrected chi connectivity index (χ4v) is 6.37. The highest BCUT2D eigenvalue weighted by atomic mass is 19.1. The number of esters is 1. The summed E-state index contributed by atoms with van der Waals surface area (Å²) < 4.78 is 20.5. The van der Waals surface area contributed by atoms with Crippen molar-refractivity contribution in [3.63, 3.8) is 0 Å². The number of hydrogen-bond donors (Lipinski definition) is 0. The van der Waals surface area contributed by atoms with Gasteiger partial charge in [-0.1, -0.05) is 42.8 Å². The molecule has 2 atom stereocenters. The molecule has 36 heavy (non-hydrogen) atoms. The van der Waals surface area contributed by atoms with Crippen LogP contribution in [0.15, 0.2) is 59.6 Å². The van der Waals surface area contributed by atoms with Gasteiger partial charge in [-0.15, -0.1) is 0 Å². The predicted molar refractivity (Wildman–Crippen MR) is 135 cm³/mol. The molecule has 6 rings (SSSR count). The Morgan fingerprint density at radius 1 is 1.11 bits per heavy atom. The van der Waals surface area contributed by atoms with E-state index >= 15 is 0 Å². The van der Waals surface area contributed by atoms with Crippen molar-refractivity contribution in [1.29, 1.82) is 0 Å². The molecule has 4 fully saturated rings. The Morgan fingerprint density at radius 2 is 1.83 bits per heavy atom. The van der Waals surface area contributed by atoms with Gasteiger partial charge in [0, 0.05) is 24.7 Å². The molecule has 0 N–H and O–H groups in total. The molecule has 4 aliphatic rings. The van der Waals surface area contributed by atoms with E-state index in [-0.39, 0.29) is 24.5 Å². The number of carbonyl (C=O) groups is 1. The second-order valence-electron chi connectivity index (χ2n) is 10.9. The van der Waals surface area contributed by atoms with Crippen LogP contribution in [-0.2, 0) is 15.1 Å². The normalized spacial score (nSPS) is 28.4. The van der Waals surface area contributed by atoms with Crippen LogP contribution in [0.1, 0.15) is 44.6 Å². The smallest absolute Gasteiger partial charge is 0.331 e. The zero-order valence-electron chi connectivity index (χ0n) is 21.1. The second kappa shape index (κ2) is 10.3. The van der Waals surface area contributed by atoms with Gasteiger partial charge in [0.05, 0.1) is 18.8 Å². The van der Waals surface area contributed by atoms with Gasteiger partial charge in [-0.3, -0.25) is 9.89 Å². The average Bonchev–Trinajstić information content (AvgIpc) is 2.89. The van der Waals surface area contributed by atoms with Gasteiger partial charge in [0.15, 0.2) is 6.10 Å². The number of benzene rings is 2. The van der Waals surface area contributed by atoms with Crippen LogP contribution >= 0.6 is 0 Å². The molecule has 4 aliphatic heterocycles. The fraction of sp³-hybridized carbons (Fsp3) is 0.517. The summed E-state index contributed by atoms with van der Waals surface area (Å²) in [7, 11) is 0. The van der Waals surface area contributed by atoms with Crippen LogP contribution in [0.2, 0.25) is 0 Å². The highest BCUT2D eigenvalue weighted by Gasteiger charge is 2.50. The number of ether oxygens (including phenoxy) is 1. The molecule has 0 aromatic heterocycles. The number of aliphatic imine (C=N–C) groups is 1. The lowest BCUT2D eigenvalue weighted by Crippen LogP contribution is -2.67. The number of fused-ring (bicyclic) bond motifs is 3. The van der Waals surface area contributed by atoms with E-state index in [1.807, 2.05) is 37.3 Å². The molecule has 2 bridgehead atoms. The maximum atomic E-state index is 13.9. The molecule has 0 unspecified atom stereocenters. The van der Waals surface area contributed by atoms with Crippen LogP contribution < -0.4 is 5.11 Å². The van der Waals surface area contributed by atoms with Gasteiger partial charge in [0.2, 0.25) is 0 Å². The monoisotopic (exact) mass is 493 g/mol. The number of rotatable bonds is 7. The number of piperidine rings is 4. The predicted octanol–water partition coefficient (Wildman–Crippen LogP) is 3.77. The highest BCUT2D eigenvalue weighted by Crippen LogP contribution is 2.38. The minimum absolute atomic E-state index is 0.191. The van der Waals surface area contributed by atoms with E-state index in [1.54, 1.807) is 12.1 Å². The first kappa shape index (κ1) is 24.9. The molecular formula is C29H36FN3O3. The van der Waals surface area contributed by atoms with Gasteiger partial charge in [-0.2, -0.15) is 0 Å². The SMILES string of the molecule is C[C@@](C(=O)O[C@@H]1C[N+]2(CC([O-])=Nc3cccc(F)c3)CCC1CC2)(c1ccccc1)N1CCCCC1. The standard InChI is InChI=1S/C29H36FN3O3/c1-29(23-9-4-2-5-10-23,32-15-6-3-7-16-32)28(35)36-26-20-33(17-13-22(26)14-18-33)21-27(34)31-25-12-8-11-24(30)19-25/h2,4-5,8-12,19,22,26H,3,6-7,13-18,20-21H2,1H3/t22?,26-,29+,33?/m1/s1. The molecule has 7 heteroatoms. The Bertz CT molecular complexity index is 1090. The summed E-state index contributed by atoms with van der Waals surface area (Å²) in [5.74, 6) is -0.528. The molecule has 0 saturated carbocycles. The Hall–Kier alpha value is -2.77. The Labute approximate surface area is 213 Å². The molecule has 2 aromatic carbocycles. The van der Waals surface area contributed by atoms with Crippen LogP contribution in [0.25, 0.3) is 0 Å². The minimum atomic E-state index is -0.832. The summed E-state index contributed by atoms with van der Waals surface area (Å²) in [6, 6.07) is 15.8. The maximum Gasteiger partial charge on any atom is 0.331 e. The van der Waals surface area contributed by atoms with Crippen LogP contribution in [0.4, 0.5) is 10.1 Å². The Kier molecular flexibility index (Phi) is 7.13. The van der Waals surface area contributed by atoms with Gasteiger partial charge < -0.3 is 14.3 Å². The summed E-state index contributed by atoms with van der Waals surface area (Å²) in [5.41, 5.74) is 0.473. The molecule has 0 radical (unpaired) electrons. The van der Waals surface area contributed by atoms with Crippen molar-refractivity contribution in [3.8, 4) is 0 Å². The Morgan fingerprint density at radius 3 is 2.53 bits per heavy atom. The van der Waals surface area contributed by atoms with Crippen molar-refractivity contribution in [2.45, 2.75) is 50.7 Å². The first-order valence-electron chi connectivity index (χ1n) is 13.2. The number of halogens is 1. The van der Waals surface area contributed by atoms with E-state index in [9.17, 15) is 14.3 Å². The van der Waals surface area contributed by atoms with Crippen LogP contribution in [0, 0.1) is 11.7 Å². The maximum absolute atomic E-state index is 13.9. The summed E-state index contributed by atoms with van der Waals surface area (Å²) in [5, 5.41) is 12.8. The molecule has 0 aliphatic carbocycles. The quantitative estimate of drug-likeness (QED) is 0.255. The van der Waals surface area contributed by atoms with Gasteiger partial charge in [-0.05, 0) is 56.6 Å². The van der Waals surface area contributed by atoms with Crippen molar-refractivity contribution < 1.29 is 23.5 Å². The average molecular weight is 494 g/mol. The third-order valence-electron chi connectivity index (χ3n) is 8.55. The van der Waals surface area contributed by atoms with Crippen molar-refractivity contribution in [2.75, 3.05) is 39.3 Å². The van der Waals surface area contributed by atoms with Crippen molar-refractivity contribution >= 4 is 17.6 Å². The van der Waals surface area contributed by atoms with Crippen molar-refractivity contribution in [1.82, 2.24) is 4.90 Å². The van der Waals surface area contributed by atoms with E-state index in [0.717, 1.165) is 57.4 Å². The van der Waals surface area contributed by atoms with Crippen LogP contribution in [0.5, 0.6) is 0 Å². The summed E-state index contributed by atoms with van der Waals surface area (Å²) in [6.07, 6.45) is 5.00. The third kappa shape index (κ3) is 5.04. The fourth-order valence-electron chi connectivity index (χ4n) is 6.37. The number of carbonyl (C=O) groups excluding carboxylic acids is 1. The molecule has 192 valence electrons. The van der Waals surface area contributed by atoms with Crippen molar-refractivity contribution in [2.24, 2.45) is 10.9 Å². The molecule has 2 aromatic rings. The topological polar surface area (TPSA) is 65.0 Å². The van der Waals surface area contributed by atoms with E-state index in [2.05, 4.69) is 9.89 Å². The number of nitrogens with zero attached hydrogens (tertiary/aromatic N) is 3. The van der Waals surface area contributed by atoms with Crippen LogP contribution in [0.3, 0.4) is 0 Å². The first-order valence-corrected chi connectivity index (χ1v) is 13.2. The zero-order valence-corrected chi connectivity index (χ0v) is 21.1. The molecular weight excluding hydrogens is 457 g/mol. The Balaban J connectivity index is 1.33. The van der Waals surface area contributed by atoms with Gasteiger partial charge in [0.25, 0.3) is 0 Å². The summed E-state index contributed by atoms with van der Waals surface area (Å²) in [4.78, 5) is 20.3. The summed E-state index contributed by atoms with van der Waals surface area (Å²) in [6.45, 7) is 6.40. The number of hydrogen-bond acceptors (Lipinski definition) is 5. The van der Waals surface area contributed by atoms with Crippen molar-refractivity contribution in [3.05, 3.63) is 66.0 Å².